The standard InChI is InChI=1S/C40H36N2O4S2/c1-3-5-21-45-30-12-17-36-34(24-30)35-25-31(46-22-6-4-2)13-18-37(35)42(36)29-10-7-27(8-11-29)9-14-32-15-19-38(47-32)39-20-16-33(48-39)23-28(26-41)40(43)44/h7-20,23-25H,3-6,21-22H2,1-2H3,(H,43,44)/b14-9+,28-23+. The van der Waals surface area contributed by atoms with Gasteiger partial charge in [-0.25, -0.2) is 4.79 Å². The van der Waals surface area contributed by atoms with Crippen molar-refractivity contribution in [2.24, 2.45) is 0 Å². The summed E-state index contributed by atoms with van der Waals surface area (Å²) in [6, 6.07) is 31.0. The summed E-state index contributed by atoms with van der Waals surface area (Å²) in [5.74, 6) is 0.544. The van der Waals surface area contributed by atoms with Crippen LogP contribution in [-0.2, 0) is 4.79 Å². The Bertz CT molecular complexity index is 2090. The lowest BCUT2D eigenvalue weighted by Crippen LogP contribution is -1.97. The monoisotopic (exact) mass is 672 g/mol. The van der Waals surface area contributed by atoms with Crippen LogP contribution in [0.15, 0.2) is 90.5 Å². The van der Waals surface area contributed by atoms with Crippen LogP contribution in [0.25, 0.3) is 55.5 Å². The van der Waals surface area contributed by atoms with Gasteiger partial charge in [-0.2, -0.15) is 5.26 Å². The number of aliphatic carboxylic acids is 1. The Morgan fingerprint density at radius 2 is 1.33 bits per heavy atom. The SMILES string of the molecule is CCCCOc1ccc2c(c1)c1cc(OCCCC)ccc1n2-c1ccc(/C=C/c2ccc(-c3ccc(/C=C(\C#N)C(=O)O)s3)s2)cc1. The Morgan fingerprint density at radius 1 is 0.771 bits per heavy atom. The molecule has 0 fully saturated rings. The fourth-order valence-electron chi connectivity index (χ4n) is 5.44. The van der Waals surface area contributed by atoms with Crippen LogP contribution < -0.4 is 9.47 Å². The van der Waals surface area contributed by atoms with Crippen molar-refractivity contribution in [2.75, 3.05) is 13.2 Å². The predicted molar refractivity (Wildman–Crippen MR) is 199 cm³/mol. The normalized spacial score (nSPS) is 11.8. The summed E-state index contributed by atoms with van der Waals surface area (Å²) in [6.07, 6.45) is 9.87. The molecular formula is C40H36N2O4S2. The van der Waals surface area contributed by atoms with E-state index in [1.165, 1.54) is 17.4 Å². The van der Waals surface area contributed by atoms with Gasteiger partial charge < -0.3 is 19.1 Å². The molecule has 0 radical (unpaired) electrons. The van der Waals surface area contributed by atoms with Gasteiger partial charge in [0.25, 0.3) is 0 Å². The molecule has 0 amide bonds. The number of benzene rings is 3. The van der Waals surface area contributed by atoms with Gasteiger partial charge in [-0.1, -0.05) is 44.9 Å². The number of fused-ring (bicyclic) bond motifs is 3. The van der Waals surface area contributed by atoms with Crippen molar-refractivity contribution in [2.45, 2.75) is 39.5 Å². The highest BCUT2D eigenvalue weighted by Crippen LogP contribution is 2.37. The summed E-state index contributed by atoms with van der Waals surface area (Å²) in [7, 11) is 0. The van der Waals surface area contributed by atoms with E-state index in [0.717, 1.165) is 89.7 Å². The zero-order chi connectivity index (χ0) is 33.5. The first-order valence-electron chi connectivity index (χ1n) is 16.1. The van der Waals surface area contributed by atoms with Crippen LogP contribution >= 0.6 is 22.7 Å². The van der Waals surface area contributed by atoms with Crippen molar-refractivity contribution in [3.8, 4) is 33.0 Å². The molecular weight excluding hydrogens is 637 g/mol. The van der Waals surface area contributed by atoms with Gasteiger partial charge in [0.15, 0.2) is 0 Å². The molecule has 0 saturated carbocycles. The van der Waals surface area contributed by atoms with E-state index < -0.39 is 5.97 Å². The largest absolute Gasteiger partial charge is 0.494 e. The number of thiophene rings is 2. The van der Waals surface area contributed by atoms with Crippen LogP contribution in [-0.4, -0.2) is 28.9 Å². The van der Waals surface area contributed by atoms with E-state index >= 15 is 0 Å². The quantitative estimate of drug-likeness (QED) is 0.0707. The molecule has 6 aromatic rings. The van der Waals surface area contributed by atoms with Crippen molar-refractivity contribution in [1.82, 2.24) is 4.57 Å². The fourth-order valence-corrected chi connectivity index (χ4v) is 7.39. The molecule has 3 aromatic heterocycles. The fraction of sp³-hybridized carbons (Fsp3) is 0.200. The number of carbonyl (C=O) groups is 1. The van der Waals surface area contributed by atoms with Gasteiger partial charge in [-0.3, -0.25) is 0 Å². The van der Waals surface area contributed by atoms with Crippen molar-refractivity contribution in [3.63, 3.8) is 0 Å². The van der Waals surface area contributed by atoms with Crippen molar-refractivity contribution < 1.29 is 19.4 Å². The first-order valence-corrected chi connectivity index (χ1v) is 17.8. The maximum atomic E-state index is 11.2. The van der Waals surface area contributed by atoms with Gasteiger partial charge in [0.05, 0.1) is 24.2 Å². The highest BCUT2D eigenvalue weighted by molar-refractivity contribution is 7.23. The van der Waals surface area contributed by atoms with Gasteiger partial charge in [0.1, 0.15) is 23.1 Å². The number of nitrogens with zero attached hydrogens (tertiary/aromatic N) is 2. The van der Waals surface area contributed by atoms with Crippen LogP contribution in [0, 0.1) is 11.3 Å². The lowest BCUT2D eigenvalue weighted by molar-refractivity contribution is -0.132. The Kier molecular flexibility index (Phi) is 10.4. The summed E-state index contributed by atoms with van der Waals surface area (Å²) in [5, 5.41) is 20.5. The van der Waals surface area contributed by atoms with E-state index in [1.54, 1.807) is 17.4 Å². The first-order chi connectivity index (χ1) is 23.5. The molecule has 0 aliphatic carbocycles. The van der Waals surface area contributed by atoms with E-state index in [4.69, 9.17) is 19.8 Å². The molecule has 0 saturated heterocycles. The first kappa shape index (κ1) is 32.8. The number of hydrogen-bond acceptors (Lipinski definition) is 6. The zero-order valence-electron chi connectivity index (χ0n) is 26.9. The molecule has 242 valence electrons. The van der Waals surface area contributed by atoms with E-state index in [9.17, 15) is 4.79 Å². The Morgan fingerprint density at radius 3 is 1.88 bits per heavy atom. The minimum atomic E-state index is -1.22. The van der Waals surface area contributed by atoms with Crippen LogP contribution in [0.5, 0.6) is 11.5 Å². The van der Waals surface area contributed by atoms with Gasteiger partial charge in [0.2, 0.25) is 0 Å². The van der Waals surface area contributed by atoms with Crippen LogP contribution in [0.3, 0.4) is 0 Å². The minimum absolute atomic E-state index is 0.273. The summed E-state index contributed by atoms with van der Waals surface area (Å²) >= 11 is 3.13. The third-order valence-corrected chi connectivity index (χ3v) is 10.2. The molecule has 0 aliphatic rings. The Hall–Kier alpha value is -5.10. The molecule has 8 heteroatoms. The maximum Gasteiger partial charge on any atom is 0.346 e. The number of carboxylic acid groups (broad SMARTS) is 1. The topological polar surface area (TPSA) is 84.5 Å². The summed E-state index contributed by atoms with van der Waals surface area (Å²) in [5.41, 5.74) is 4.13. The number of rotatable bonds is 14. The molecule has 0 atom stereocenters. The number of unbranched alkanes of at least 4 members (excludes halogenated alkanes) is 2. The maximum absolute atomic E-state index is 11.2. The second-order valence-electron chi connectivity index (χ2n) is 11.4. The van der Waals surface area contributed by atoms with E-state index in [0.29, 0.717) is 13.2 Å². The lowest BCUT2D eigenvalue weighted by atomic mass is 10.1. The molecule has 6 nitrogen and oxygen atoms in total. The van der Waals surface area contributed by atoms with Crippen molar-refractivity contribution in [3.05, 3.63) is 106 Å². The minimum Gasteiger partial charge on any atom is -0.494 e. The molecule has 0 aliphatic heterocycles. The van der Waals surface area contributed by atoms with Gasteiger partial charge >= 0.3 is 5.97 Å². The molecule has 3 aromatic carbocycles. The molecule has 0 bridgehead atoms. The molecule has 1 N–H and O–H groups in total. The van der Waals surface area contributed by atoms with Crippen LogP contribution in [0.1, 0.15) is 54.8 Å². The average Bonchev–Trinajstić information content (AvgIpc) is 3.84. The Labute approximate surface area is 288 Å². The highest BCUT2D eigenvalue weighted by atomic mass is 32.1. The van der Waals surface area contributed by atoms with Crippen LogP contribution in [0.2, 0.25) is 0 Å². The summed E-state index contributed by atoms with van der Waals surface area (Å²) in [4.78, 5) is 15.1. The Balaban J connectivity index is 1.25. The van der Waals surface area contributed by atoms with E-state index in [-0.39, 0.29) is 5.57 Å². The number of ether oxygens (including phenoxy) is 2. The number of carboxylic acids is 1. The third kappa shape index (κ3) is 7.38. The predicted octanol–water partition coefficient (Wildman–Crippen LogP) is 11.1. The highest BCUT2D eigenvalue weighted by Gasteiger charge is 2.15. The summed E-state index contributed by atoms with van der Waals surface area (Å²) < 4.78 is 14.5. The zero-order valence-corrected chi connectivity index (χ0v) is 28.6. The van der Waals surface area contributed by atoms with Gasteiger partial charge in [-0.05, 0) is 103 Å². The second-order valence-corrected chi connectivity index (χ2v) is 13.6. The molecule has 48 heavy (non-hydrogen) atoms. The lowest BCUT2D eigenvalue weighted by Gasteiger charge is -2.10. The van der Waals surface area contributed by atoms with Gasteiger partial charge in [0, 0.05) is 36.0 Å². The number of aromatic nitrogens is 1. The molecule has 3 heterocycles. The summed E-state index contributed by atoms with van der Waals surface area (Å²) in [6.45, 7) is 5.75. The van der Waals surface area contributed by atoms with Gasteiger partial charge in [-0.15, -0.1) is 22.7 Å². The van der Waals surface area contributed by atoms with E-state index in [1.807, 2.05) is 12.1 Å². The van der Waals surface area contributed by atoms with E-state index in [2.05, 4.69) is 103 Å². The smallest absolute Gasteiger partial charge is 0.346 e. The molecule has 6 rings (SSSR count). The van der Waals surface area contributed by atoms with Crippen molar-refractivity contribution in [1.29, 1.82) is 5.26 Å². The third-order valence-electron chi connectivity index (χ3n) is 7.97. The number of hydrogen-bond donors (Lipinski definition) is 1. The second kappa shape index (κ2) is 15.2. The van der Waals surface area contributed by atoms with Crippen molar-refractivity contribution >= 4 is 68.7 Å². The molecule has 0 spiro atoms. The van der Waals surface area contributed by atoms with Crippen LogP contribution in [0.4, 0.5) is 0 Å². The number of nitriles is 1. The molecule has 0 unspecified atom stereocenters. The average molecular weight is 673 g/mol.